The highest BCUT2D eigenvalue weighted by Crippen LogP contribution is 2.32. The SMILES string of the molecule is O=C(c1ccc(Br)c(Cl)c1F)C1CCCCC1. The molecule has 0 spiro atoms. The maximum absolute atomic E-state index is 13.9. The summed E-state index contributed by atoms with van der Waals surface area (Å²) in [6.45, 7) is 0. The Morgan fingerprint density at radius 1 is 1.29 bits per heavy atom. The average molecular weight is 320 g/mol. The fourth-order valence-corrected chi connectivity index (χ4v) is 2.77. The lowest BCUT2D eigenvalue weighted by Crippen LogP contribution is -2.19. The van der Waals surface area contributed by atoms with Crippen LogP contribution in [0.25, 0.3) is 0 Å². The molecule has 1 aliphatic carbocycles. The summed E-state index contributed by atoms with van der Waals surface area (Å²) in [5.74, 6) is -0.733. The van der Waals surface area contributed by atoms with E-state index in [1.807, 2.05) is 0 Å². The first-order chi connectivity index (χ1) is 8.11. The van der Waals surface area contributed by atoms with Crippen molar-refractivity contribution >= 4 is 33.3 Å². The molecular formula is C13H13BrClFO. The van der Waals surface area contributed by atoms with Crippen LogP contribution in [0.15, 0.2) is 16.6 Å². The molecule has 0 bridgehead atoms. The number of Topliss-reactive ketones (excluding diaryl/α,β-unsaturated/α-hetero) is 1. The predicted octanol–water partition coefficient (Wildman–Crippen LogP) is 5.00. The van der Waals surface area contributed by atoms with Gasteiger partial charge in [-0.2, -0.15) is 0 Å². The molecule has 2 rings (SSSR count). The van der Waals surface area contributed by atoms with E-state index in [4.69, 9.17) is 11.6 Å². The Morgan fingerprint density at radius 3 is 2.59 bits per heavy atom. The Morgan fingerprint density at radius 2 is 1.94 bits per heavy atom. The highest BCUT2D eigenvalue weighted by molar-refractivity contribution is 9.10. The van der Waals surface area contributed by atoms with Gasteiger partial charge in [0.2, 0.25) is 0 Å². The van der Waals surface area contributed by atoms with Crippen molar-refractivity contribution in [3.05, 3.63) is 33.0 Å². The molecule has 1 aromatic carbocycles. The van der Waals surface area contributed by atoms with Crippen molar-refractivity contribution in [3.63, 3.8) is 0 Å². The van der Waals surface area contributed by atoms with E-state index >= 15 is 0 Å². The summed E-state index contributed by atoms with van der Waals surface area (Å²) >= 11 is 8.93. The Bertz CT molecular complexity index is 441. The fraction of sp³-hybridized carbons (Fsp3) is 0.462. The second kappa shape index (κ2) is 5.49. The van der Waals surface area contributed by atoms with Gasteiger partial charge in [0, 0.05) is 10.4 Å². The maximum Gasteiger partial charge on any atom is 0.168 e. The van der Waals surface area contributed by atoms with Gasteiger partial charge in [-0.25, -0.2) is 4.39 Å². The van der Waals surface area contributed by atoms with Gasteiger partial charge in [-0.05, 0) is 40.9 Å². The zero-order chi connectivity index (χ0) is 12.4. The molecule has 0 amide bonds. The summed E-state index contributed by atoms with van der Waals surface area (Å²) in [5.41, 5.74) is 0.130. The first-order valence-corrected chi connectivity index (χ1v) is 6.96. The largest absolute Gasteiger partial charge is 0.294 e. The summed E-state index contributed by atoms with van der Waals surface area (Å²) in [5, 5.41) is -0.00772. The molecular weight excluding hydrogens is 306 g/mol. The van der Waals surface area contributed by atoms with Crippen molar-refractivity contribution in [1.82, 2.24) is 0 Å². The van der Waals surface area contributed by atoms with E-state index in [2.05, 4.69) is 15.9 Å². The van der Waals surface area contributed by atoms with Crippen molar-refractivity contribution in [1.29, 1.82) is 0 Å². The van der Waals surface area contributed by atoms with Crippen LogP contribution >= 0.6 is 27.5 Å². The molecule has 0 radical (unpaired) electrons. The van der Waals surface area contributed by atoms with E-state index in [0.717, 1.165) is 25.7 Å². The number of hydrogen-bond donors (Lipinski definition) is 0. The van der Waals surface area contributed by atoms with Gasteiger partial charge in [0.15, 0.2) is 11.6 Å². The van der Waals surface area contributed by atoms with E-state index in [0.29, 0.717) is 4.47 Å². The number of carbonyl (C=O) groups is 1. The van der Waals surface area contributed by atoms with Crippen LogP contribution in [0.2, 0.25) is 5.02 Å². The standard InChI is InChI=1S/C13H13BrClFO/c14-10-7-6-9(12(16)11(10)15)13(17)8-4-2-1-3-5-8/h6-8H,1-5H2. The first kappa shape index (κ1) is 13.0. The molecule has 4 heteroatoms. The van der Waals surface area contributed by atoms with E-state index in [9.17, 15) is 9.18 Å². The highest BCUT2D eigenvalue weighted by Gasteiger charge is 2.25. The normalized spacial score (nSPS) is 17.1. The third-order valence-electron chi connectivity index (χ3n) is 3.28. The molecule has 1 saturated carbocycles. The molecule has 1 aromatic rings. The summed E-state index contributed by atoms with van der Waals surface area (Å²) in [7, 11) is 0. The summed E-state index contributed by atoms with van der Waals surface area (Å²) < 4.78 is 14.4. The smallest absolute Gasteiger partial charge is 0.168 e. The molecule has 0 unspecified atom stereocenters. The highest BCUT2D eigenvalue weighted by atomic mass is 79.9. The number of carbonyl (C=O) groups excluding carboxylic acids is 1. The van der Waals surface area contributed by atoms with Crippen LogP contribution < -0.4 is 0 Å². The van der Waals surface area contributed by atoms with Gasteiger partial charge < -0.3 is 0 Å². The van der Waals surface area contributed by atoms with Gasteiger partial charge >= 0.3 is 0 Å². The minimum Gasteiger partial charge on any atom is -0.294 e. The van der Waals surface area contributed by atoms with Crippen LogP contribution in [0, 0.1) is 11.7 Å². The molecule has 92 valence electrons. The Kier molecular flexibility index (Phi) is 4.21. The first-order valence-electron chi connectivity index (χ1n) is 5.79. The topological polar surface area (TPSA) is 17.1 Å². The fourth-order valence-electron chi connectivity index (χ4n) is 2.30. The van der Waals surface area contributed by atoms with Crippen molar-refractivity contribution in [3.8, 4) is 0 Å². The lowest BCUT2D eigenvalue weighted by Gasteiger charge is -2.20. The Labute approximate surface area is 113 Å². The van der Waals surface area contributed by atoms with Crippen LogP contribution in [-0.2, 0) is 0 Å². The monoisotopic (exact) mass is 318 g/mol. The lowest BCUT2D eigenvalue weighted by molar-refractivity contribution is 0.0885. The molecule has 1 nitrogen and oxygen atoms in total. The molecule has 0 saturated heterocycles. The zero-order valence-corrected chi connectivity index (χ0v) is 11.7. The number of ketones is 1. The second-order valence-electron chi connectivity index (χ2n) is 4.42. The van der Waals surface area contributed by atoms with E-state index in [1.165, 1.54) is 12.5 Å². The molecule has 0 aromatic heterocycles. The number of benzene rings is 1. The van der Waals surface area contributed by atoms with Crippen LogP contribution in [0.5, 0.6) is 0 Å². The Hall–Kier alpha value is -0.410. The van der Waals surface area contributed by atoms with Crippen molar-refractivity contribution in [2.24, 2.45) is 5.92 Å². The van der Waals surface area contributed by atoms with Gasteiger partial charge in [-0.3, -0.25) is 4.79 Å². The minimum absolute atomic E-state index is 0.00772. The van der Waals surface area contributed by atoms with Crippen molar-refractivity contribution < 1.29 is 9.18 Å². The van der Waals surface area contributed by atoms with E-state index < -0.39 is 5.82 Å². The van der Waals surface area contributed by atoms with Crippen LogP contribution in [0.3, 0.4) is 0 Å². The van der Waals surface area contributed by atoms with Gasteiger partial charge in [0.05, 0.1) is 10.6 Å². The number of hydrogen-bond acceptors (Lipinski definition) is 1. The Balaban J connectivity index is 2.27. The predicted molar refractivity (Wildman–Crippen MR) is 70.0 cm³/mol. The third kappa shape index (κ3) is 2.71. The summed E-state index contributed by atoms with van der Waals surface area (Å²) in [4.78, 5) is 12.2. The van der Waals surface area contributed by atoms with Crippen LogP contribution in [0.4, 0.5) is 4.39 Å². The van der Waals surface area contributed by atoms with E-state index in [-0.39, 0.29) is 22.3 Å². The maximum atomic E-state index is 13.9. The average Bonchev–Trinajstić information content (AvgIpc) is 2.36. The van der Waals surface area contributed by atoms with Crippen molar-refractivity contribution in [2.45, 2.75) is 32.1 Å². The van der Waals surface area contributed by atoms with Crippen LogP contribution in [-0.4, -0.2) is 5.78 Å². The number of halogens is 3. The quantitative estimate of drug-likeness (QED) is 0.553. The van der Waals surface area contributed by atoms with Crippen LogP contribution in [0.1, 0.15) is 42.5 Å². The molecule has 0 N–H and O–H groups in total. The minimum atomic E-state index is -0.600. The van der Waals surface area contributed by atoms with Gasteiger partial charge in [-0.15, -0.1) is 0 Å². The van der Waals surface area contributed by atoms with Crippen molar-refractivity contribution in [2.75, 3.05) is 0 Å². The molecule has 0 atom stereocenters. The molecule has 1 aliphatic rings. The molecule has 1 fully saturated rings. The summed E-state index contributed by atoms with van der Waals surface area (Å²) in [6, 6.07) is 3.14. The summed E-state index contributed by atoms with van der Waals surface area (Å²) in [6.07, 6.45) is 5.02. The molecule has 0 aliphatic heterocycles. The number of rotatable bonds is 2. The van der Waals surface area contributed by atoms with Gasteiger partial charge in [-0.1, -0.05) is 30.9 Å². The van der Waals surface area contributed by atoms with Gasteiger partial charge in [0.1, 0.15) is 0 Å². The third-order valence-corrected chi connectivity index (χ3v) is 4.54. The zero-order valence-electron chi connectivity index (χ0n) is 9.31. The van der Waals surface area contributed by atoms with E-state index in [1.54, 1.807) is 6.07 Å². The molecule has 0 heterocycles. The lowest BCUT2D eigenvalue weighted by atomic mass is 9.84. The van der Waals surface area contributed by atoms with Gasteiger partial charge in [0.25, 0.3) is 0 Å². The second-order valence-corrected chi connectivity index (χ2v) is 5.65. The molecule has 17 heavy (non-hydrogen) atoms.